The van der Waals surface area contributed by atoms with Crippen LogP contribution in [0.4, 0.5) is 0 Å². The molecular formula is C9H18N2O. The van der Waals surface area contributed by atoms with Crippen molar-refractivity contribution >= 4 is 0 Å². The summed E-state index contributed by atoms with van der Waals surface area (Å²) in [5.74, 6) is 0.722. The van der Waals surface area contributed by atoms with E-state index in [1.807, 2.05) is 39.4 Å². The third kappa shape index (κ3) is 2.00. The number of rotatable bonds is 1. The normalized spacial score (nSPS) is 8.83. The molecule has 0 atom stereocenters. The Kier molecular flexibility index (Phi) is 4.40. The lowest BCUT2D eigenvalue weighted by atomic mass is 10.3. The quantitative estimate of drug-likeness (QED) is 0.645. The van der Waals surface area contributed by atoms with Gasteiger partial charge in [0.05, 0.1) is 7.11 Å². The van der Waals surface area contributed by atoms with E-state index in [2.05, 4.69) is 5.10 Å². The molecule has 0 bridgehead atoms. The maximum atomic E-state index is 5.01. The van der Waals surface area contributed by atoms with Gasteiger partial charge in [-0.05, 0) is 13.8 Å². The first kappa shape index (κ1) is 11.0. The fourth-order valence-electron chi connectivity index (χ4n) is 0.878. The number of aromatic nitrogens is 2. The van der Waals surface area contributed by atoms with E-state index in [4.69, 9.17) is 4.74 Å². The van der Waals surface area contributed by atoms with E-state index in [0.717, 1.165) is 17.1 Å². The lowest BCUT2D eigenvalue weighted by molar-refractivity contribution is 0.389. The topological polar surface area (TPSA) is 27.1 Å². The van der Waals surface area contributed by atoms with Crippen LogP contribution >= 0.6 is 0 Å². The van der Waals surface area contributed by atoms with Crippen molar-refractivity contribution in [2.75, 3.05) is 7.11 Å². The Bertz CT molecular complexity index is 241. The second kappa shape index (κ2) is 4.80. The third-order valence-electron chi connectivity index (χ3n) is 1.78. The van der Waals surface area contributed by atoms with Crippen molar-refractivity contribution in [2.24, 2.45) is 7.05 Å². The third-order valence-corrected chi connectivity index (χ3v) is 1.78. The molecule has 1 aromatic rings. The van der Waals surface area contributed by atoms with Crippen molar-refractivity contribution in [3.63, 3.8) is 0 Å². The van der Waals surface area contributed by atoms with Crippen molar-refractivity contribution in [2.45, 2.75) is 27.7 Å². The van der Waals surface area contributed by atoms with Gasteiger partial charge in [-0.15, -0.1) is 5.10 Å². The predicted octanol–water partition coefficient (Wildman–Crippen LogP) is 2.07. The molecule has 0 aliphatic rings. The molecule has 1 aromatic heterocycles. The van der Waals surface area contributed by atoms with Crippen LogP contribution in [0.2, 0.25) is 0 Å². The van der Waals surface area contributed by atoms with Crippen LogP contribution in [0.3, 0.4) is 0 Å². The Balaban J connectivity index is 0.000000561. The van der Waals surface area contributed by atoms with Gasteiger partial charge in [-0.3, -0.25) is 4.68 Å². The smallest absolute Gasteiger partial charge is 0.235 e. The molecule has 0 aromatic carbocycles. The van der Waals surface area contributed by atoms with Gasteiger partial charge in [-0.2, -0.15) is 0 Å². The first-order valence-electron chi connectivity index (χ1n) is 4.21. The van der Waals surface area contributed by atoms with E-state index in [1.165, 1.54) is 0 Å². The SMILES string of the molecule is CC.COc1nn(C)c(C)c1C. The monoisotopic (exact) mass is 170 g/mol. The molecule has 3 heteroatoms. The van der Waals surface area contributed by atoms with E-state index in [9.17, 15) is 0 Å². The average Bonchev–Trinajstić information content (AvgIpc) is 2.36. The van der Waals surface area contributed by atoms with Crippen molar-refractivity contribution in [1.29, 1.82) is 0 Å². The van der Waals surface area contributed by atoms with Gasteiger partial charge in [0.15, 0.2) is 0 Å². The van der Waals surface area contributed by atoms with Crippen LogP contribution in [0.15, 0.2) is 0 Å². The van der Waals surface area contributed by atoms with Crippen LogP contribution < -0.4 is 4.74 Å². The van der Waals surface area contributed by atoms with Gasteiger partial charge in [0, 0.05) is 18.3 Å². The second-order valence-electron chi connectivity index (χ2n) is 2.34. The Morgan fingerprint density at radius 1 is 1.25 bits per heavy atom. The molecule has 0 spiro atoms. The van der Waals surface area contributed by atoms with Gasteiger partial charge < -0.3 is 4.74 Å². The number of hydrogen-bond donors (Lipinski definition) is 0. The fraction of sp³-hybridized carbons (Fsp3) is 0.667. The van der Waals surface area contributed by atoms with Gasteiger partial charge in [0.1, 0.15) is 0 Å². The molecule has 0 unspecified atom stereocenters. The molecule has 1 heterocycles. The Labute approximate surface area is 74.3 Å². The van der Waals surface area contributed by atoms with Gasteiger partial charge >= 0.3 is 0 Å². The van der Waals surface area contributed by atoms with E-state index in [1.54, 1.807) is 7.11 Å². The van der Waals surface area contributed by atoms with Crippen LogP contribution in [-0.2, 0) is 7.05 Å². The molecule has 0 N–H and O–H groups in total. The van der Waals surface area contributed by atoms with Gasteiger partial charge in [-0.25, -0.2) is 0 Å². The highest BCUT2D eigenvalue weighted by Crippen LogP contribution is 2.17. The average molecular weight is 170 g/mol. The largest absolute Gasteiger partial charge is 0.480 e. The number of nitrogens with zero attached hydrogens (tertiary/aromatic N) is 2. The van der Waals surface area contributed by atoms with Crippen LogP contribution in [0, 0.1) is 13.8 Å². The van der Waals surface area contributed by atoms with Crippen molar-refractivity contribution in [1.82, 2.24) is 9.78 Å². The number of ether oxygens (including phenoxy) is 1. The van der Waals surface area contributed by atoms with Crippen LogP contribution in [0.1, 0.15) is 25.1 Å². The summed E-state index contributed by atoms with van der Waals surface area (Å²) < 4.78 is 6.83. The zero-order valence-electron chi connectivity index (χ0n) is 8.80. The zero-order chi connectivity index (χ0) is 9.72. The predicted molar refractivity (Wildman–Crippen MR) is 50.6 cm³/mol. The van der Waals surface area contributed by atoms with Gasteiger partial charge in [-0.1, -0.05) is 13.8 Å². The Hall–Kier alpha value is -0.990. The highest BCUT2D eigenvalue weighted by Gasteiger charge is 2.06. The standard InChI is InChI=1S/C7H12N2O.C2H6/c1-5-6(2)9(3)8-7(5)10-4;1-2/h1-4H3;1-2H3. The van der Waals surface area contributed by atoms with E-state index in [-0.39, 0.29) is 0 Å². The molecule has 0 saturated heterocycles. The highest BCUT2D eigenvalue weighted by molar-refractivity contribution is 5.28. The summed E-state index contributed by atoms with van der Waals surface area (Å²) in [5.41, 5.74) is 2.27. The molecule has 0 fully saturated rings. The summed E-state index contributed by atoms with van der Waals surface area (Å²) in [7, 11) is 3.54. The molecule has 3 nitrogen and oxygen atoms in total. The van der Waals surface area contributed by atoms with E-state index >= 15 is 0 Å². The van der Waals surface area contributed by atoms with Crippen LogP contribution in [0.5, 0.6) is 5.88 Å². The Morgan fingerprint density at radius 2 is 1.75 bits per heavy atom. The lowest BCUT2D eigenvalue weighted by Gasteiger charge is -1.92. The minimum Gasteiger partial charge on any atom is -0.480 e. The molecule has 1 rings (SSSR count). The summed E-state index contributed by atoms with van der Waals surface area (Å²) in [6, 6.07) is 0. The lowest BCUT2D eigenvalue weighted by Crippen LogP contribution is -1.92. The first-order chi connectivity index (χ1) is 5.66. The van der Waals surface area contributed by atoms with Crippen LogP contribution in [-0.4, -0.2) is 16.9 Å². The number of methoxy groups -OCH3 is 1. The zero-order valence-corrected chi connectivity index (χ0v) is 8.80. The molecule has 0 amide bonds. The van der Waals surface area contributed by atoms with Crippen molar-refractivity contribution < 1.29 is 4.74 Å². The first-order valence-corrected chi connectivity index (χ1v) is 4.21. The summed E-state index contributed by atoms with van der Waals surface area (Å²) in [6.07, 6.45) is 0. The van der Waals surface area contributed by atoms with Gasteiger partial charge in [0.2, 0.25) is 5.88 Å². The maximum absolute atomic E-state index is 5.01. The van der Waals surface area contributed by atoms with Crippen molar-refractivity contribution in [3.05, 3.63) is 11.3 Å². The molecule has 0 saturated carbocycles. The molecule has 70 valence electrons. The molecule has 0 aliphatic carbocycles. The maximum Gasteiger partial charge on any atom is 0.235 e. The number of aryl methyl sites for hydroxylation is 1. The van der Waals surface area contributed by atoms with E-state index in [0.29, 0.717) is 0 Å². The second-order valence-corrected chi connectivity index (χ2v) is 2.34. The fourth-order valence-corrected chi connectivity index (χ4v) is 0.878. The van der Waals surface area contributed by atoms with E-state index < -0.39 is 0 Å². The Morgan fingerprint density at radius 3 is 1.92 bits per heavy atom. The summed E-state index contributed by atoms with van der Waals surface area (Å²) in [6.45, 7) is 8.02. The highest BCUT2D eigenvalue weighted by atomic mass is 16.5. The van der Waals surface area contributed by atoms with Crippen LogP contribution in [0.25, 0.3) is 0 Å². The molecular weight excluding hydrogens is 152 g/mol. The molecule has 0 radical (unpaired) electrons. The minimum absolute atomic E-state index is 0.722. The van der Waals surface area contributed by atoms with Crippen molar-refractivity contribution in [3.8, 4) is 5.88 Å². The summed E-state index contributed by atoms with van der Waals surface area (Å²) in [4.78, 5) is 0. The molecule has 12 heavy (non-hydrogen) atoms. The molecule has 0 aliphatic heterocycles. The minimum atomic E-state index is 0.722. The van der Waals surface area contributed by atoms with Gasteiger partial charge in [0.25, 0.3) is 0 Å². The summed E-state index contributed by atoms with van der Waals surface area (Å²) in [5, 5.41) is 4.12. The summed E-state index contributed by atoms with van der Waals surface area (Å²) >= 11 is 0. The number of hydrogen-bond acceptors (Lipinski definition) is 2.